The molecule has 0 heterocycles. The predicted molar refractivity (Wildman–Crippen MR) is 130 cm³/mol. The van der Waals surface area contributed by atoms with Gasteiger partial charge in [-0.1, -0.05) is 31.7 Å². The number of esters is 1. The topological polar surface area (TPSA) is 117 Å². The lowest BCUT2D eigenvalue weighted by Crippen LogP contribution is -2.52. The fraction of sp³-hybridized carbons (Fsp3) is 0.500. The first-order chi connectivity index (χ1) is 15.3. The summed E-state index contributed by atoms with van der Waals surface area (Å²) in [6.07, 6.45) is 4.31. The zero-order chi connectivity index (χ0) is 23.4. The van der Waals surface area contributed by atoms with Crippen molar-refractivity contribution in [3.8, 4) is 11.5 Å². The summed E-state index contributed by atoms with van der Waals surface area (Å²) in [6.45, 7) is 0.0322. The molecule has 0 aromatic heterocycles. The standard InChI is InChI=1S/C13H17NO3.C12H17NO2.CH4/c1-16-11-5-3-4-9-6-7-13(14,8-10(9)11)12(15)17-2;1-15-11-4-2-3-9-5-6-12(13,8-14)7-10(9)11;/h3-5H,6-8,14H2,1-2H3;2-4,14H,5-8,13H2,1H3;1H4. The molecule has 5 N–H and O–H groups in total. The van der Waals surface area contributed by atoms with Crippen molar-refractivity contribution >= 4 is 5.97 Å². The third-order valence-electron chi connectivity index (χ3n) is 6.56. The molecule has 2 aliphatic carbocycles. The molecule has 33 heavy (non-hydrogen) atoms. The van der Waals surface area contributed by atoms with Gasteiger partial charge in [-0.05, 0) is 66.5 Å². The number of carbonyl (C=O) groups is 1. The zero-order valence-electron chi connectivity index (χ0n) is 19.1. The molecule has 7 heteroatoms. The third-order valence-corrected chi connectivity index (χ3v) is 6.56. The second kappa shape index (κ2) is 11.0. The Morgan fingerprint density at radius 3 is 1.91 bits per heavy atom. The van der Waals surface area contributed by atoms with Crippen molar-refractivity contribution in [2.75, 3.05) is 27.9 Å². The van der Waals surface area contributed by atoms with E-state index in [1.807, 2.05) is 24.3 Å². The lowest BCUT2D eigenvalue weighted by atomic mass is 9.78. The van der Waals surface area contributed by atoms with Crippen LogP contribution in [-0.2, 0) is 35.2 Å². The van der Waals surface area contributed by atoms with E-state index in [1.165, 1.54) is 18.2 Å². The van der Waals surface area contributed by atoms with Gasteiger partial charge in [-0.3, -0.25) is 4.79 Å². The minimum Gasteiger partial charge on any atom is -0.496 e. The van der Waals surface area contributed by atoms with Gasteiger partial charge < -0.3 is 30.8 Å². The summed E-state index contributed by atoms with van der Waals surface area (Å²) in [5.41, 5.74) is 15.5. The average molecular weight is 459 g/mol. The number of hydrogen-bond acceptors (Lipinski definition) is 7. The SMILES string of the molecule is C.COC(=O)C1(N)CCc2cccc(OC)c2C1.COc1cccc2c1CC(N)(CO)CC2. The molecule has 2 unspecified atom stereocenters. The fourth-order valence-electron chi connectivity index (χ4n) is 4.57. The molecule has 2 aromatic rings. The van der Waals surface area contributed by atoms with E-state index in [0.717, 1.165) is 41.9 Å². The quantitative estimate of drug-likeness (QED) is 0.603. The molecule has 0 fully saturated rings. The number of carbonyl (C=O) groups excluding carboxylic acids is 1. The summed E-state index contributed by atoms with van der Waals surface area (Å²) in [4.78, 5) is 11.7. The molecule has 4 rings (SSSR count). The van der Waals surface area contributed by atoms with Crippen LogP contribution in [0.2, 0.25) is 0 Å². The summed E-state index contributed by atoms with van der Waals surface area (Å²) in [6, 6.07) is 12.0. The second-order valence-corrected chi connectivity index (χ2v) is 8.72. The van der Waals surface area contributed by atoms with Crippen LogP contribution in [0.25, 0.3) is 0 Å². The Kier molecular flexibility index (Phi) is 8.89. The average Bonchev–Trinajstić information content (AvgIpc) is 2.83. The fourth-order valence-corrected chi connectivity index (χ4v) is 4.57. The number of rotatable bonds is 4. The number of benzene rings is 2. The van der Waals surface area contributed by atoms with Crippen molar-refractivity contribution in [2.24, 2.45) is 11.5 Å². The molecule has 0 amide bonds. The second-order valence-electron chi connectivity index (χ2n) is 8.72. The normalized spacial score (nSPS) is 23.0. The Morgan fingerprint density at radius 2 is 1.42 bits per heavy atom. The number of ether oxygens (including phenoxy) is 3. The van der Waals surface area contributed by atoms with Crippen molar-refractivity contribution in [2.45, 2.75) is 57.0 Å². The summed E-state index contributed by atoms with van der Waals surface area (Å²) in [7, 11) is 4.66. The molecular formula is C26H38N2O5. The number of aliphatic hydroxyl groups is 1. The minimum absolute atomic E-state index is 0. The van der Waals surface area contributed by atoms with Crippen molar-refractivity contribution < 1.29 is 24.1 Å². The smallest absolute Gasteiger partial charge is 0.326 e. The maximum Gasteiger partial charge on any atom is 0.326 e. The Balaban J connectivity index is 0.000000228. The van der Waals surface area contributed by atoms with E-state index >= 15 is 0 Å². The maximum absolute atomic E-state index is 11.7. The molecule has 2 atom stereocenters. The highest BCUT2D eigenvalue weighted by Gasteiger charge is 2.39. The Hall–Kier alpha value is -2.61. The molecule has 182 valence electrons. The first-order valence-electron chi connectivity index (χ1n) is 10.9. The van der Waals surface area contributed by atoms with E-state index in [0.29, 0.717) is 19.3 Å². The van der Waals surface area contributed by atoms with Gasteiger partial charge >= 0.3 is 5.97 Å². The molecule has 0 saturated carbocycles. The number of aliphatic hydroxyl groups excluding tert-OH is 1. The van der Waals surface area contributed by atoms with Gasteiger partial charge in [-0.2, -0.15) is 0 Å². The lowest BCUT2D eigenvalue weighted by molar-refractivity contribution is -0.147. The van der Waals surface area contributed by atoms with Crippen LogP contribution < -0.4 is 20.9 Å². The first-order valence-corrected chi connectivity index (χ1v) is 10.9. The van der Waals surface area contributed by atoms with Crippen molar-refractivity contribution in [3.05, 3.63) is 58.7 Å². The highest BCUT2D eigenvalue weighted by atomic mass is 16.5. The van der Waals surface area contributed by atoms with Crippen LogP contribution >= 0.6 is 0 Å². The molecule has 0 radical (unpaired) electrons. The van der Waals surface area contributed by atoms with E-state index in [4.69, 9.17) is 25.7 Å². The number of hydrogen-bond donors (Lipinski definition) is 3. The van der Waals surface area contributed by atoms with Crippen LogP contribution in [-0.4, -0.2) is 50.1 Å². The molecule has 0 spiro atoms. The lowest BCUT2D eigenvalue weighted by Gasteiger charge is -2.33. The molecule has 7 nitrogen and oxygen atoms in total. The molecular weight excluding hydrogens is 420 g/mol. The van der Waals surface area contributed by atoms with E-state index in [-0.39, 0.29) is 20.0 Å². The van der Waals surface area contributed by atoms with Gasteiger partial charge in [0.1, 0.15) is 17.0 Å². The van der Waals surface area contributed by atoms with Gasteiger partial charge in [0, 0.05) is 12.0 Å². The molecule has 2 aromatic carbocycles. The monoisotopic (exact) mass is 458 g/mol. The molecule has 2 aliphatic rings. The summed E-state index contributed by atoms with van der Waals surface area (Å²) in [5.74, 6) is 1.32. The number of nitrogens with two attached hydrogens (primary N) is 2. The van der Waals surface area contributed by atoms with Gasteiger partial charge in [-0.15, -0.1) is 0 Å². The Morgan fingerprint density at radius 1 is 0.909 bits per heavy atom. The van der Waals surface area contributed by atoms with Gasteiger partial charge in [-0.25, -0.2) is 0 Å². The Labute approximate surface area is 197 Å². The molecule has 0 saturated heterocycles. The van der Waals surface area contributed by atoms with Crippen molar-refractivity contribution in [1.29, 1.82) is 0 Å². The van der Waals surface area contributed by atoms with E-state index in [2.05, 4.69) is 12.1 Å². The third kappa shape index (κ3) is 5.66. The van der Waals surface area contributed by atoms with Crippen LogP contribution in [0.15, 0.2) is 36.4 Å². The van der Waals surface area contributed by atoms with Crippen LogP contribution in [0, 0.1) is 0 Å². The molecule has 0 bridgehead atoms. The van der Waals surface area contributed by atoms with Gasteiger partial charge in [0.25, 0.3) is 0 Å². The first kappa shape index (κ1) is 26.6. The summed E-state index contributed by atoms with van der Waals surface area (Å²) in [5, 5.41) is 9.27. The maximum atomic E-state index is 11.7. The number of methoxy groups -OCH3 is 3. The van der Waals surface area contributed by atoms with Crippen LogP contribution in [0.3, 0.4) is 0 Å². The van der Waals surface area contributed by atoms with Crippen LogP contribution in [0.4, 0.5) is 0 Å². The highest BCUT2D eigenvalue weighted by molar-refractivity contribution is 5.81. The van der Waals surface area contributed by atoms with Crippen molar-refractivity contribution in [1.82, 2.24) is 0 Å². The van der Waals surface area contributed by atoms with Gasteiger partial charge in [0.2, 0.25) is 0 Å². The summed E-state index contributed by atoms with van der Waals surface area (Å²) >= 11 is 0. The van der Waals surface area contributed by atoms with E-state index in [1.54, 1.807) is 14.2 Å². The Bertz CT molecular complexity index is 935. The van der Waals surface area contributed by atoms with Crippen molar-refractivity contribution in [3.63, 3.8) is 0 Å². The van der Waals surface area contributed by atoms with Gasteiger partial charge in [0.05, 0.1) is 27.9 Å². The predicted octanol–water partition coefficient (Wildman–Crippen LogP) is 2.56. The van der Waals surface area contributed by atoms with Crippen LogP contribution in [0.1, 0.15) is 42.5 Å². The number of aryl methyl sites for hydroxylation is 2. The van der Waals surface area contributed by atoms with Crippen LogP contribution in [0.5, 0.6) is 11.5 Å². The molecule has 0 aliphatic heterocycles. The highest BCUT2D eigenvalue weighted by Crippen LogP contribution is 2.34. The van der Waals surface area contributed by atoms with E-state index < -0.39 is 11.1 Å². The van der Waals surface area contributed by atoms with Gasteiger partial charge in [0.15, 0.2) is 0 Å². The minimum atomic E-state index is -0.920. The number of fused-ring (bicyclic) bond motifs is 2. The van der Waals surface area contributed by atoms with E-state index in [9.17, 15) is 9.90 Å². The zero-order valence-corrected chi connectivity index (χ0v) is 19.1. The largest absolute Gasteiger partial charge is 0.496 e. The summed E-state index contributed by atoms with van der Waals surface area (Å²) < 4.78 is 15.4.